The number of halogens is 2. The summed E-state index contributed by atoms with van der Waals surface area (Å²) in [6.07, 6.45) is 0.970. The average molecular weight is 248 g/mol. The van der Waals surface area contributed by atoms with Crippen LogP contribution >= 0.6 is 27.3 Å². The van der Waals surface area contributed by atoms with Gasteiger partial charge in [0.15, 0.2) is 5.82 Å². The Kier molecular flexibility index (Phi) is 1.93. The van der Waals surface area contributed by atoms with Gasteiger partial charge in [-0.25, -0.2) is 4.98 Å². The Morgan fingerprint density at radius 3 is 2.92 bits per heavy atom. The van der Waals surface area contributed by atoms with Gasteiger partial charge in [0.2, 0.25) is 0 Å². The molecule has 0 atom stereocenters. The van der Waals surface area contributed by atoms with E-state index in [1.165, 1.54) is 22.1 Å². The summed E-state index contributed by atoms with van der Waals surface area (Å²) in [6.45, 7) is 0. The fraction of sp³-hybridized carbons (Fsp3) is 0. The molecule has 2 heterocycles. The standard InChI is InChI=1S/C6H3BrFN3S/c7-4-1-11(6(8)10-4)5-2-12-3-9-5/h1-3H. The van der Waals surface area contributed by atoms with E-state index in [0.717, 1.165) is 0 Å². The average Bonchev–Trinajstić information content (AvgIpc) is 2.58. The smallest absolute Gasteiger partial charge is 0.258 e. The molecule has 0 aliphatic rings. The van der Waals surface area contributed by atoms with Gasteiger partial charge in [0, 0.05) is 11.6 Å². The zero-order valence-electron chi connectivity index (χ0n) is 5.74. The molecule has 62 valence electrons. The van der Waals surface area contributed by atoms with Crippen molar-refractivity contribution in [1.29, 1.82) is 0 Å². The molecule has 2 aromatic rings. The first-order valence-electron chi connectivity index (χ1n) is 3.06. The third-order valence-electron chi connectivity index (χ3n) is 1.30. The monoisotopic (exact) mass is 247 g/mol. The molecule has 2 rings (SSSR count). The van der Waals surface area contributed by atoms with E-state index < -0.39 is 6.08 Å². The van der Waals surface area contributed by atoms with Crippen molar-refractivity contribution in [1.82, 2.24) is 14.5 Å². The number of hydrogen-bond acceptors (Lipinski definition) is 3. The molecule has 0 saturated heterocycles. The van der Waals surface area contributed by atoms with Crippen LogP contribution in [0.1, 0.15) is 0 Å². The summed E-state index contributed by atoms with van der Waals surface area (Å²) in [7, 11) is 0. The van der Waals surface area contributed by atoms with Crippen LogP contribution in [-0.4, -0.2) is 14.5 Å². The van der Waals surface area contributed by atoms with Crippen molar-refractivity contribution < 1.29 is 4.39 Å². The molecule has 3 nitrogen and oxygen atoms in total. The molecule has 0 aromatic carbocycles. The second-order valence-corrected chi connectivity index (χ2v) is 3.58. The van der Waals surface area contributed by atoms with E-state index in [1.807, 2.05) is 0 Å². The molecule has 0 saturated carbocycles. The number of aromatic nitrogens is 3. The van der Waals surface area contributed by atoms with Crippen LogP contribution in [0.3, 0.4) is 0 Å². The molecule has 6 heteroatoms. The molecular formula is C6H3BrFN3S. The number of hydrogen-bond donors (Lipinski definition) is 0. The predicted octanol–water partition coefficient (Wildman–Crippen LogP) is 2.23. The highest BCUT2D eigenvalue weighted by Crippen LogP contribution is 2.14. The maximum atomic E-state index is 13.0. The first-order valence-corrected chi connectivity index (χ1v) is 4.80. The highest BCUT2D eigenvalue weighted by molar-refractivity contribution is 9.10. The summed E-state index contributed by atoms with van der Waals surface area (Å²) < 4.78 is 14.7. The summed E-state index contributed by atoms with van der Waals surface area (Å²) in [6, 6.07) is 0. The van der Waals surface area contributed by atoms with Crippen LogP contribution in [0.2, 0.25) is 0 Å². The van der Waals surface area contributed by atoms with Crippen LogP contribution in [-0.2, 0) is 0 Å². The maximum absolute atomic E-state index is 13.0. The molecular weight excluding hydrogens is 245 g/mol. The largest absolute Gasteiger partial charge is 0.296 e. The Morgan fingerprint density at radius 2 is 2.42 bits per heavy atom. The maximum Gasteiger partial charge on any atom is 0.296 e. The predicted molar refractivity (Wildman–Crippen MR) is 46.9 cm³/mol. The second-order valence-electron chi connectivity index (χ2n) is 2.05. The van der Waals surface area contributed by atoms with Gasteiger partial charge in [0.1, 0.15) is 4.60 Å². The van der Waals surface area contributed by atoms with Crippen LogP contribution in [0, 0.1) is 6.08 Å². The Balaban J connectivity index is 2.54. The Labute approximate surface area is 80.0 Å². The van der Waals surface area contributed by atoms with Gasteiger partial charge >= 0.3 is 0 Å². The molecule has 0 unspecified atom stereocenters. The van der Waals surface area contributed by atoms with E-state index >= 15 is 0 Å². The molecule has 12 heavy (non-hydrogen) atoms. The van der Waals surface area contributed by atoms with Crippen molar-refractivity contribution in [3.63, 3.8) is 0 Å². The van der Waals surface area contributed by atoms with Gasteiger partial charge in [-0.3, -0.25) is 4.57 Å². The van der Waals surface area contributed by atoms with Crippen LogP contribution < -0.4 is 0 Å². The molecule has 0 aliphatic heterocycles. The Bertz CT molecular complexity index is 383. The fourth-order valence-electron chi connectivity index (χ4n) is 0.816. The molecule has 0 aliphatic carbocycles. The summed E-state index contributed by atoms with van der Waals surface area (Å²) >= 11 is 4.48. The minimum atomic E-state index is -0.562. The van der Waals surface area contributed by atoms with E-state index in [4.69, 9.17) is 0 Å². The van der Waals surface area contributed by atoms with Crippen molar-refractivity contribution in [2.24, 2.45) is 0 Å². The van der Waals surface area contributed by atoms with Gasteiger partial charge in [-0.15, -0.1) is 11.3 Å². The summed E-state index contributed by atoms with van der Waals surface area (Å²) in [5.74, 6) is 0.552. The SMILES string of the molecule is Fc1nc(Br)cn1-c1cscn1. The number of nitrogens with zero attached hydrogens (tertiary/aromatic N) is 3. The van der Waals surface area contributed by atoms with Crippen LogP contribution in [0.4, 0.5) is 4.39 Å². The minimum absolute atomic E-state index is 0.466. The second kappa shape index (κ2) is 2.95. The lowest BCUT2D eigenvalue weighted by molar-refractivity contribution is 0.520. The highest BCUT2D eigenvalue weighted by Gasteiger charge is 2.07. The van der Waals surface area contributed by atoms with Gasteiger partial charge in [-0.05, 0) is 15.9 Å². The molecule has 2 aromatic heterocycles. The number of imidazole rings is 1. The van der Waals surface area contributed by atoms with E-state index in [9.17, 15) is 4.39 Å². The summed E-state index contributed by atoms with van der Waals surface area (Å²) in [5.41, 5.74) is 1.64. The van der Waals surface area contributed by atoms with Crippen LogP contribution in [0.15, 0.2) is 21.7 Å². The number of thiazole rings is 1. The zero-order valence-corrected chi connectivity index (χ0v) is 8.14. The molecule has 0 radical (unpaired) electrons. The van der Waals surface area contributed by atoms with Crippen LogP contribution in [0.25, 0.3) is 5.82 Å². The Morgan fingerprint density at radius 1 is 1.58 bits per heavy atom. The van der Waals surface area contributed by atoms with Crippen molar-refractivity contribution >= 4 is 27.3 Å². The van der Waals surface area contributed by atoms with Crippen molar-refractivity contribution in [3.8, 4) is 5.82 Å². The topological polar surface area (TPSA) is 30.7 Å². The van der Waals surface area contributed by atoms with Gasteiger partial charge in [0.25, 0.3) is 6.08 Å². The van der Waals surface area contributed by atoms with Gasteiger partial charge in [-0.2, -0.15) is 9.37 Å². The molecule has 0 fully saturated rings. The fourth-order valence-corrected chi connectivity index (χ4v) is 1.69. The minimum Gasteiger partial charge on any atom is -0.258 e. The quantitative estimate of drug-likeness (QED) is 0.774. The lowest BCUT2D eigenvalue weighted by Crippen LogP contribution is -1.95. The molecule has 0 spiro atoms. The van der Waals surface area contributed by atoms with Crippen molar-refractivity contribution in [3.05, 3.63) is 27.8 Å². The van der Waals surface area contributed by atoms with Gasteiger partial charge in [-0.1, -0.05) is 0 Å². The highest BCUT2D eigenvalue weighted by atomic mass is 79.9. The third kappa shape index (κ3) is 1.27. The van der Waals surface area contributed by atoms with Gasteiger partial charge < -0.3 is 0 Å². The molecule has 0 N–H and O–H groups in total. The number of rotatable bonds is 1. The zero-order chi connectivity index (χ0) is 8.55. The summed E-state index contributed by atoms with van der Waals surface area (Å²) in [5, 5.41) is 1.75. The van der Waals surface area contributed by atoms with E-state index in [1.54, 1.807) is 10.9 Å². The molecule has 0 bridgehead atoms. The van der Waals surface area contributed by atoms with Crippen LogP contribution in [0.5, 0.6) is 0 Å². The third-order valence-corrected chi connectivity index (χ3v) is 2.26. The Hall–Kier alpha value is -0.750. The van der Waals surface area contributed by atoms with E-state index in [-0.39, 0.29) is 0 Å². The van der Waals surface area contributed by atoms with Crippen molar-refractivity contribution in [2.75, 3.05) is 0 Å². The lowest BCUT2D eigenvalue weighted by atomic mass is 10.7. The molecule has 0 amide bonds. The van der Waals surface area contributed by atoms with E-state index in [0.29, 0.717) is 10.4 Å². The summed E-state index contributed by atoms with van der Waals surface area (Å²) in [4.78, 5) is 7.49. The normalized spacial score (nSPS) is 10.5. The lowest BCUT2D eigenvalue weighted by Gasteiger charge is -1.93. The first kappa shape index (κ1) is 7.88. The van der Waals surface area contributed by atoms with Gasteiger partial charge in [0.05, 0.1) is 5.51 Å². The van der Waals surface area contributed by atoms with E-state index in [2.05, 4.69) is 25.9 Å². The van der Waals surface area contributed by atoms with Crippen molar-refractivity contribution in [2.45, 2.75) is 0 Å². The first-order chi connectivity index (χ1) is 5.77.